The van der Waals surface area contributed by atoms with Crippen LogP contribution in [-0.4, -0.2) is 38.0 Å². The molecule has 0 aromatic carbocycles. The van der Waals surface area contributed by atoms with E-state index in [1.54, 1.807) is 0 Å². The Kier molecular flexibility index (Phi) is 3.50. The Balaban J connectivity index is 2.10. The van der Waals surface area contributed by atoms with Gasteiger partial charge < -0.3 is 14.8 Å². The first-order valence-electron chi connectivity index (χ1n) is 4.60. The molecule has 1 aliphatic heterocycles. The van der Waals surface area contributed by atoms with E-state index in [0.717, 1.165) is 19.7 Å². The Hall–Kier alpha value is -0.120. The summed E-state index contributed by atoms with van der Waals surface area (Å²) in [5, 5.41) is 3.16. The molecule has 1 rings (SSSR count). The zero-order chi connectivity index (χ0) is 9.03. The average molecular weight is 173 g/mol. The highest BCUT2D eigenvalue weighted by Gasteiger charge is 2.23. The second-order valence-corrected chi connectivity index (χ2v) is 3.78. The van der Waals surface area contributed by atoms with Crippen LogP contribution >= 0.6 is 0 Å². The molecule has 1 saturated heterocycles. The molecule has 0 aliphatic carbocycles. The number of hydrogen-bond acceptors (Lipinski definition) is 3. The zero-order valence-corrected chi connectivity index (χ0v) is 8.22. The van der Waals surface area contributed by atoms with Gasteiger partial charge >= 0.3 is 0 Å². The predicted octanol–water partition coefficient (Wildman–Crippen LogP) is 0.790. The molecule has 0 atom stereocenters. The summed E-state index contributed by atoms with van der Waals surface area (Å²) in [5.74, 6) is 0. The topological polar surface area (TPSA) is 30.5 Å². The molecule has 1 heterocycles. The Morgan fingerprint density at radius 3 is 2.50 bits per heavy atom. The van der Waals surface area contributed by atoms with Crippen molar-refractivity contribution in [2.45, 2.75) is 32.5 Å². The Morgan fingerprint density at radius 1 is 1.42 bits per heavy atom. The average Bonchev–Trinajstić information content (AvgIpc) is 1.82. The molecule has 0 saturated carbocycles. The van der Waals surface area contributed by atoms with Crippen molar-refractivity contribution in [2.75, 3.05) is 26.3 Å². The van der Waals surface area contributed by atoms with Gasteiger partial charge in [-0.2, -0.15) is 0 Å². The van der Waals surface area contributed by atoms with Crippen molar-refractivity contribution in [3.63, 3.8) is 0 Å². The van der Waals surface area contributed by atoms with Crippen LogP contribution in [0.1, 0.15) is 20.8 Å². The predicted molar refractivity (Wildman–Crippen MR) is 48.3 cm³/mol. The molecule has 12 heavy (non-hydrogen) atoms. The lowest BCUT2D eigenvalue weighted by Crippen LogP contribution is -2.50. The van der Waals surface area contributed by atoms with Gasteiger partial charge in [0.1, 0.15) is 0 Å². The number of ether oxygens (including phenoxy) is 2. The second-order valence-electron chi connectivity index (χ2n) is 3.78. The van der Waals surface area contributed by atoms with Gasteiger partial charge in [-0.3, -0.25) is 0 Å². The normalized spacial score (nSPS) is 19.2. The molecule has 0 bridgehead atoms. The highest BCUT2D eigenvalue weighted by atomic mass is 16.5. The molecular weight excluding hydrogens is 154 g/mol. The summed E-state index contributed by atoms with van der Waals surface area (Å²) in [6.07, 6.45) is 0.407. The monoisotopic (exact) mass is 173 g/mol. The highest BCUT2D eigenvalue weighted by Crippen LogP contribution is 2.11. The summed E-state index contributed by atoms with van der Waals surface area (Å²) < 4.78 is 11.1. The second kappa shape index (κ2) is 4.21. The van der Waals surface area contributed by atoms with Crippen molar-refractivity contribution in [3.8, 4) is 0 Å². The van der Waals surface area contributed by atoms with Crippen LogP contribution in [0.5, 0.6) is 0 Å². The number of hydrogen-bond donors (Lipinski definition) is 1. The van der Waals surface area contributed by atoms with E-state index in [-0.39, 0.29) is 5.60 Å². The number of nitrogens with one attached hydrogen (secondary N) is 1. The molecule has 72 valence electrons. The maximum Gasteiger partial charge on any atom is 0.0858 e. The van der Waals surface area contributed by atoms with Gasteiger partial charge in [0, 0.05) is 19.7 Å². The maximum atomic E-state index is 5.61. The van der Waals surface area contributed by atoms with Crippen LogP contribution in [0.4, 0.5) is 0 Å². The zero-order valence-electron chi connectivity index (χ0n) is 8.22. The third-order valence-electron chi connectivity index (χ3n) is 1.95. The third-order valence-corrected chi connectivity index (χ3v) is 1.95. The van der Waals surface area contributed by atoms with E-state index in [4.69, 9.17) is 9.47 Å². The summed E-state index contributed by atoms with van der Waals surface area (Å²) in [5.41, 5.74) is -0.135. The molecule has 1 fully saturated rings. The summed E-state index contributed by atoms with van der Waals surface area (Å²) in [6, 6.07) is 0. The van der Waals surface area contributed by atoms with Gasteiger partial charge in [0.2, 0.25) is 0 Å². The smallest absolute Gasteiger partial charge is 0.0858 e. The summed E-state index contributed by atoms with van der Waals surface area (Å²) in [7, 11) is 0. The molecular formula is C9H19NO2. The molecule has 0 aromatic rings. The van der Waals surface area contributed by atoms with Crippen LogP contribution in [0.2, 0.25) is 0 Å². The molecule has 0 unspecified atom stereocenters. The van der Waals surface area contributed by atoms with Gasteiger partial charge in [-0.15, -0.1) is 0 Å². The summed E-state index contributed by atoms with van der Waals surface area (Å²) in [4.78, 5) is 0. The van der Waals surface area contributed by atoms with Gasteiger partial charge in [0.05, 0.1) is 18.3 Å². The van der Waals surface area contributed by atoms with E-state index in [1.807, 2.05) is 6.92 Å². The van der Waals surface area contributed by atoms with E-state index in [1.165, 1.54) is 0 Å². The van der Waals surface area contributed by atoms with Gasteiger partial charge in [0.25, 0.3) is 0 Å². The van der Waals surface area contributed by atoms with Crippen LogP contribution in [-0.2, 0) is 9.47 Å². The Morgan fingerprint density at radius 2 is 2.08 bits per heavy atom. The van der Waals surface area contributed by atoms with Crippen molar-refractivity contribution in [2.24, 2.45) is 0 Å². The summed E-state index contributed by atoms with van der Waals surface area (Å²) >= 11 is 0. The molecule has 3 nitrogen and oxygen atoms in total. The molecule has 3 heteroatoms. The maximum absolute atomic E-state index is 5.61. The minimum Gasteiger partial charge on any atom is -0.373 e. The lowest BCUT2D eigenvalue weighted by atomic mass is 10.1. The van der Waals surface area contributed by atoms with Gasteiger partial charge in [-0.25, -0.2) is 0 Å². The van der Waals surface area contributed by atoms with Crippen LogP contribution in [0.25, 0.3) is 0 Å². The fourth-order valence-corrected chi connectivity index (χ4v) is 1.13. The first kappa shape index (κ1) is 9.96. The van der Waals surface area contributed by atoms with Crippen LogP contribution in [0.3, 0.4) is 0 Å². The first-order valence-corrected chi connectivity index (χ1v) is 4.60. The van der Waals surface area contributed by atoms with Gasteiger partial charge in [-0.05, 0) is 20.8 Å². The lowest BCUT2D eigenvalue weighted by molar-refractivity contribution is -0.0993. The van der Waals surface area contributed by atoms with Crippen LogP contribution < -0.4 is 5.32 Å². The Labute approximate surface area is 74.4 Å². The third kappa shape index (κ3) is 3.09. The van der Waals surface area contributed by atoms with Crippen LogP contribution in [0, 0.1) is 0 Å². The van der Waals surface area contributed by atoms with Crippen molar-refractivity contribution in [1.82, 2.24) is 5.32 Å². The minimum absolute atomic E-state index is 0.135. The van der Waals surface area contributed by atoms with E-state index < -0.39 is 0 Å². The fraction of sp³-hybridized carbons (Fsp3) is 1.00. The standard InChI is InChI=1S/C9H19NO2/c1-4-12-9(2,3)7-11-8-5-10-6-8/h8,10H,4-7H2,1-3H3. The van der Waals surface area contributed by atoms with Crippen molar-refractivity contribution >= 4 is 0 Å². The SMILES string of the molecule is CCOC(C)(C)COC1CNC1. The highest BCUT2D eigenvalue weighted by molar-refractivity contribution is 4.77. The molecule has 0 spiro atoms. The van der Waals surface area contributed by atoms with Crippen molar-refractivity contribution in [3.05, 3.63) is 0 Å². The van der Waals surface area contributed by atoms with E-state index >= 15 is 0 Å². The fourth-order valence-electron chi connectivity index (χ4n) is 1.13. The largest absolute Gasteiger partial charge is 0.373 e. The molecule has 0 aromatic heterocycles. The van der Waals surface area contributed by atoms with E-state index in [2.05, 4.69) is 19.2 Å². The van der Waals surface area contributed by atoms with Gasteiger partial charge in [0.15, 0.2) is 0 Å². The Bertz CT molecular complexity index is 132. The molecule has 0 radical (unpaired) electrons. The van der Waals surface area contributed by atoms with Crippen molar-refractivity contribution in [1.29, 1.82) is 0 Å². The quantitative estimate of drug-likeness (QED) is 0.666. The number of rotatable bonds is 5. The van der Waals surface area contributed by atoms with Gasteiger partial charge in [-0.1, -0.05) is 0 Å². The van der Waals surface area contributed by atoms with E-state index in [9.17, 15) is 0 Å². The van der Waals surface area contributed by atoms with Crippen molar-refractivity contribution < 1.29 is 9.47 Å². The molecule has 1 N–H and O–H groups in total. The molecule has 0 amide bonds. The lowest BCUT2D eigenvalue weighted by Gasteiger charge is -2.32. The first-order chi connectivity index (χ1) is 5.64. The summed E-state index contributed by atoms with van der Waals surface area (Å²) in [6.45, 7) is 9.54. The van der Waals surface area contributed by atoms with Crippen LogP contribution in [0.15, 0.2) is 0 Å². The van der Waals surface area contributed by atoms with E-state index in [0.29, 0.717) is 12.7 Å². The minimum atomic E-state index is -0.135. The molecule has 1 aliphatic rings.